The molecule has 0 saturated carbocycles. The lowest BCUT2D eigenvalue weighted by atomic mass is 10.2. The van der Waals surface area contributed by atoms with Gasteiger partial charge in [-0.05, 0) is 24.1 Å². The van der Waals surface area contributed by atoms with Crippen molar-refractivity contribution in [3.63, 3.8) is 0 Å². The van der Waals surface area contributed by atoms with E-state index in [0.717, 1.165) is 18.4 Å². The van der Waals surface area contributed by atoms with Gasteiger partial charge in [-0.3, -0.25) is 14.3 Å². The minimum absolute atomic E-state index is 0.0868. The number of nitrogens with one attached hydrogen (secondary N) is 1. The zero-order valence-electron chi connectivity index (χ0n) is 10.8. The molecule has 1 aromatic rings. The molecule has 2 aliphatic heterocycles. The van der Waals surface area contributed by atoms with E-state index in [2.05, 4.69) is 4.72 Å². The number of carbonyl (C=O) groups is 2. The Balaban J connectivity index is 0.000000203. The van der Waals surface area contributed by atoms with E-state index in [1.165, 1.54) is 0 Å². The zero-order chi connectivity index (χ0) is 14.3. The number of ketones is 1. The van der Waals surface area contributed by atoms with Gasteiger partial charge in [-0.25, -0.2) is 8.42 Å². The maximum atomic E-state index is 11.1. The van der Waals surface area contributed by atoms with Gasteiger partial charge in [0.15, 0.2) is 12.1 Å². The molecule has 19 heavy (non-hydrogen) atoms. The maximum Gasteiger partial charge on any atom is 0.236 e. The van der Waals surface area contributed by atoms with E-state index in [1.807, 2.05) is 19.1 Å². The van der Waals surface area contributed by atoms with Gasteiger partial charge in [0.2, 0.25) is 10.0 Å². The smallest absolute Gasteiger partial charge is 0.236 e. The first-order valence-electron chi connectivity index (χ1n) is 6.04. The summed E-state index contributed by atoms with van der Waals surface area (Å²) in [5.41, 5.74) is 1.48. The van der Waals surface area contributed by atoms with Crippen LogP contribution in [0.4, 0.5) is 5.69 Å². The first kappa shape index (κ1) is 15.4. The average molecular weight is 283 g/mol. The van der Waals surface area contributed by atoms with Crippen molar-refractivity contribution < 1.29 is 18.0 Å². The summed E-state index contributed by atoms with van der Waals surface area (Å²) in [6.07, 6.45) is 2.60. The molecule has 0 aromatic heterocycles. The van der Waals surface area contributed by atoms with Crippen molar-refractivity contribution >= 4 is 27.8 Å². The molecule has 0 fully saturated rings. The number of aldehydes is 1. The molecule has 0 radical (unpaired) electrons. The monoisotopic (exact) mass is 283 g/mol. The molecule has 3 rings (SSSR count). The van der Waals surface area contributed by atoms with E-state index in [0.29, 0.717) is 18.4 Å². The third kappa shape index (κ3) is 5.65. The second kappa shape index (κ2) is 7.04. The summed E-state index contributed by atoms with van der Waals surface area (Å²) in [7, 11) is -3.10. The Hall–Kier alpha value is -1.69. The summed E-state index contributed by atoms with van der Waals surface area (Å²) in [5.74, 6) is -0.199. The average Bonchev–Trinajstić information content (AvgIpc) is 2.61. The van der Waals surface area contributed by atoms with E-state index in [-0.39, 0.29) is 11.5 Å². The van der Waals surface area contributed by atoms with E-state index >= 15 is 0 Å². The van der Waals surface area contributed by atoms with Crippen molar-refractivity contribution in [1.29, 1.82) is 0 Å². The van der Waals surface area contributed by atoms with Crippen LogP contribution in [-0.4, -0.2) is 20.5 Å². The SMILES string of the molecule is CCCCC(=O)C=O.O=S1(=O)Cc2ccc(cc2)N1. The molecule has 0 amide bonds. The normalized spacial score (nSPS) is 14.6. The first-order chi connectivity index (χ1) is 8.96. The number of anilines is 1. The van der Waals surface area contributed by atoms with E-state index in [1.54, 1.807) is 12.1 Å². The summed E-state index contributed by atoms with van der Waals surface area (Å²) in [6.45, 7) is 1.98. The molecule has 1 aromatic carbocycles. The number of benzene rings is 1. The third-order valence-electron chi connectivity index (χ3n) is 2.49. The van der Waals surface area contributed by atoms with Crippen LogP contribution in [-0.2, 0) is 25.4 Å². The molecule has 1 N–H and O–H groups in total. The Morgan fingerprint density at radius 3 is 2.47 bits per heavy atom. The van der Waals surface area contributed by atoms with Crippen LogP contribution in [0.1, 0.15) is 31.7 Å². The van der Waals surface area contributed by atoms with Gasteiger partial charge in [0, 0.05) is 12.1 Å². The van der Waals surface area contributed by atoms with Crippen LogP contribution in [0.15, 0.2) is 24.3 Å². The van der Waals surface area contributed by atoms with Crippen molar-refractivity contribution in [3.05, 3.63) is 29.8 Å². The van der Waals surface area contributed by atoms with Crippen molar-refractivity contribution in [2.75, 3.05) is 4.72 Å². The second-order valence-electron chi connectivity index (χ2n) is 4.25. The number of fused-ring (bicyclic) bond motifs is 4. The largest absolute Gasteiger partial charge is 0.295 e. The van der Waals surface area contributed by atoms with Crippen molar-refractivity contribution in [2.45, 2.75) is 31.9 Å². The highest BCUT2D eigenvalue weighted by atomic mass is 32.2. The summed E-state index contributed by atoms with van der Waals surface area (Å²) in [6, 6.07) is 7.15. The third-order valence-corrected chi connectivity index (χ3v) is 3.75. The number of sulfonamides is 1. The van der Waals surface area contributed by atoms with Crippen LogP contribution < -0.4 is 4.72 Å². The molecule has 0 atom stereocenters. The summed E-state index contributed by atoms with van der Waals surface area (Å²) in [4.78, 5) is 19.9. The number of hydrogen-bond donors (Lipinski definition) is 1. The number of carbonyl (C=O) groups excluding carboxylic acids is 2. The number of Topliss-reactive ketones (excluding diaryl/α,β-unsaturated/α-hetero) is 1. The Kier molecular flexibility index (Phi) is 5.69. The van der Waals surface area contributed by atoms with Crippen LogP contribution in [0.2, 0.25) is 0 Å². The minimum Gasteiger partial charge on any atom is -0.295 e. The molecule has 6 heteroatoms. The predicted molar refractivity (Wildman–Crippen MR) is 73.3 cm³/mol. The van der Waals surface area contributed by atoms with Crippen molar-refractivity contribution in [3.8, 4) is 0 Å². The Morgan fingerprint density at radius 2 is 1.95 bits per heavy atom. The zero-order valence-corrected chi connectivity index (χ0v) is 11.6. The number of unbranched alkanes of at least 4 members (excludes halogenated alkanes) is 1. The van der Waals surface area contributed by atoms with Crippen LogP contribution in [0.3, 0.4) is 0 Å². The molecular weight excluding hydrogens is 266 g/mol. The predicted octanol–water partition coefficient (Wildman–Crippen LogP) is 1.89. The van der Waals surface area contributed by atoms with Crippen LogP contribution in [0, 0.1) is 0 Å². The second-order valence-corrected chi connectivity index (χ2v) is 5.97. The Bertz CT molecular complexity index is 503. The van der Waals surface area contributed by atoms with Gasteiger partial charge in [0.25, 0.3) is 0 Å². The fourth-order valence-electron chi connectivity index (χ4n) is 1.51. The topological polar surface area (TPSA) is 80.3 Å². The van der Waals surface area contributed by atoms with E-state index in [9.17, 15) is 18.0 Å². The highest BCUT2D eigenvalue weighted by Crippen LogP contribution is 2.18. The van der Waals surface area contributed by atoms with Crippen molar-refractivity contribution in [1.82, 2.24) is 0 Å². The Morgan fingerprint density at radius 1 is 1.32 bits per heavy atom. The maximum absolute atomic E-state index is 11.1. The van der Waals surface area contributed by atoms with E-state index < -0.39 is 10.0 Å². The van der Waals surface area contributed by atoms with Gasteiger partial charge >= 0.3 is 0 Å². The molecule has 104 valence electrons. The molecule has 5 nitrogen and oxygen atoms in total. The molecule has 0 saturated heterocycles. The molecule has 2 bridgehead atoms. The van der Waals surface area contributed by atoms with Gasteiger partial charge in [0.05, 0.1) is 5.75 Å². The molecular formula is C13H17NO4S. The number of rotatable bonds is 4. The molecule has 2 heterocycles. The summed E-state index contributed by atoms with van der Waals surface area (Å²) in [5, 5.41) is 0. The Labute approximate surface area is 113 Å². The summed E-state index contributed by atoms with van der Waals surface area (Å²) >= 11 is 0. The quantitative estimate of drug-likeness (QED) is 0.676. The van der Waals surface area contributed by atoms with Crippen LogP contribution in [0.5, 0.6) is 0 Å². The highest BCUT2D eigenvalue weighted by molar-refractivity contribution is 7.91. The van der Waals surface area contributed by atoms with Crippen molar-refractivity contribution in [2.24, 2.45) is 0 Å². The number of hydrogen-bond acceptors (Lipinski definition) is 4. The van der Waals surface area contributed by atoms with Gasteiger partial charge in [-0.1, -0.05) is 25.5 Å². The van der Waals surface area contributed by atoms with Gasteiger partial charge in [-0.15, -0.1) is 0 Å². The van der Waals surface area contributed by atoms with Gasteiger partial charge in [-0.2, -0.15) is 0 Å². The summed E-state index contributed by atoms with van der Waals surface area (Å²) < 4.78 is 24.6. The minimum atomic E-state index is -3.10. The fraction of sp³-hybridized carbons (Fsp3) is 0.385. The van der Waals surface area contributed by atoms with E-state index in [4.69, 9.17) is 0 Å². The molecule has 2 aliphatic rings. The lowest BCUT2D eigenvalue weighted by molar-refractivity contribution is -0.129. The lowest BCUT2D eigenvalue weighted by Crippen LogP contribution is -2.11. The van der Waals surface area contributed by atoms with Gasteiger partial charge in [0.1, 0.15) is 0 Å². The molecule has 0 aliphatic carbocycles. The van der Waals surface area contributed by atoms with Crippen LogP contribution >= 0.6 is 0 Å². The first-order valence-corrected chi connectivity index (χ1v) is 7.69. The molecule has 0 spiro atoms. The molecule has 0 unspecified atom stereocenters. The van der Waals surface area contributed by atoms with Crippen LogP contribution in [0.25, 0.3) is 0 Å². The highest BCUT2D eigenvalue weighted by Gasteiger charge is 2.15. The lowest BCUT2D eigenvalue weighted by Gasteiger charge is -1.99. The fourth-order valence-corrected chi connectivity index (χ4v) is 2.71. The standard InChI is InChI=1S/C7H7NO2S.C6H10O2/c9-11(10)5-6-1-3-7(8-11)4-2-6;1-2-3-4-6(8)5-7/h1-4,8H,5H2;5H,2-4H2,1H3. The van der Waals surface area contributed by atoms with Gasteiger partial charge < -0.3 is 0 Å².